The van der Waals surface area contributed by atoms with E-state index in [1.54, 1.807) is 0 Å². The molecule has 0 aromatic heterocycles. The Morgan fingerprint density at radius 1 is 0.682 bits per heavy atom. The van der Waals surface area contributed by atoms with Crippen molar-refractivity contribution in [3.05, 3.63) is 0 Å². The molecule has 5 nitrogen and oxygen atoms in total. The predicted molar refractivity (Wildman–Crippen MR) is 89.7 cm³/mol. The molecule has 0 fully saturated rings. The van der Waals surface area contributed by atoms with E-state index in [2.05, 4.69) is 5.32 Å². The summed E-state index contributed by atoms with van der Waals surface area (Å²) in [6.45, 7) is 2.12. The lowest BCUT2D eigenvalue weighted by Crippen LogP contribution is -2.16. The monoisotopic (exact) mass is 314 g/mol. The summed E-state index contributed by atoms with van der Waals surface area (Å²) in [5.74, 6) is -0.876. The van der Waals surface area contributed by atoms with Gasteiger partial charge in [-0.05, 0) is 38.8 Å². The third kappa shape index (κ3) is 18.9. The largest absolute Gasteiger partial charge is 0.481 e. The van der Waals surface area contributed by atoms with E-state index in [0.717, 1.165) is 51.6 Å². The number of carboxylic acids is 1. The van der Waals surface area contributed by atoms with Crippen LogP contribution in [0, 0.1) is 0 Å². The standard InChI is InChI=1S/C17H34N2O3/c18-16(20)12-8-4-2-1-3-6-10-14-19-15-11-7-5-9-13-17(21)22/h19H,1-15H2,(H2,18,20)(H,21,22). The van der Waals surface area contributed by atoms with Gasteiger partial charge < -0.3 is 16.2 Å². The lowest BCUT2D eigenvalue weighted by Gasteiger charge is -2.05. The van der Waals surface area contributed by atoms with E-state index in [4.69, 9.17) is 10.8 Å². The van der Waals surface area contributed by atoms with E-state index < -0.39 is 5.97 Å². The quantitative estimate of drug-likeness (QED) is 0.359. The summed E-state index contributed by atoms with van der Waals surface area (Å²) in [5, 5.41) is 11.9. The summed E-state index contributed by atoms with van der Waals surface area (Å²) in [6.07, 6.45) is 13.2. The van der Waals surface area contributed by atoms with E-state index >= 15 is 0 Å². The van der Waals surface area contributed by atoms with Crippen LogP contribution in [-0.4, -0.2) is 30.1 Å². The smallest absolute Gasteiger partial charge is 0.303 e. The number of rotatable bonds is 17. The maximum Gasteiger partial charge on any atom is 0.303 e. The molecule has 0 radical (unpaired) electrons. The van der Waals surface area contributed by atoms with Gasteiger partial charge in [0.1, 0.15) is 0 Å². The lowest BCUT2D eigenvalue weighted by molar-refractivity contribution is -0.137. The molecule has 0 atom stereocenters. The van der Waals surface area contributed by atoms with Crippen LogP contribution in [0.1, 0.15) is 83.5 Å². The zero-order chi connectivity index (χ0) is 16.5. The molecule has 0 bridgehead atoms. The van der Waals surface area contributed by atoms with Crippen molar-refractivity contribution in [3.63, 3.8) is 0 Å². The topological polar surface area (TPSA) is 92.4 Å². The molecular formula is C17H34N2O3. The summed E-state index contributed by atoms with van der Waals surface area (Å²) in [4.78, 5) is 20.9. The van der Waals surface area contributed by atoms with Gasteiger partial charge in [0.15, 0.2) is 0 Å². The van der Waals surface area contributed by atoms with Gasteiger partial charge in [0.2, 0.25) is 5.91 Å². The average Bonchev–Trinajstić information content (AvgIpc) is 2.46. The molecule has 4 N–H and O–H groups in total. The highest BCUT2D eigenvalue weighted by Gasteiger charge is 1.97. The Morgan fingerprint density at radius 2 is 1.09 bits per heavy atom. The van der Waals surface area contributed by atoms with Gasteiger partial charge in [0, 0.05) is 12.8 Å². The first-order valence-corrected chi connectivity index (χ1v) is 8.83. The molecule has 0 rings (SSSR count). The number of aliphatic carboxylic acids is 1. The third-order valence-electron chi connectivity index (χ3n) is 3.77. The molecule has 0 aromatic carbocycles. The second-order valence-electron chi connectivity index (χ2n) is 6.00. The van der Waals surface area contributed by atoms with Crippen molar-refractivity contribution in [2.24, 2.45) is 5.73 Å². The van der Waals surface area contributed by atoms with Crippen molar-refractivity contribution < 1.29 is 14.7 Å². The number of carbonyl (C=O) groups excluding carboxylic acids is 1. The van der Waals surface area contributed by atoms with Gasteiger partial charge in [-0.25, -0.2) is 0 Å². The zero-order valence-corrected chi connectivity index (χ0v) is 13.9. The highest BCUT2D eigenvalue weighted by molar-refractivity contribution is 5.73. The van der Waals surface area contributed by atoms with Crippen LogP contribution >= 0.6 is 0 Å². The highest BCUT2D eigenvalue weighted by Crippen LogP contribution is 2.08. The van der Waals surface area contributed by atoms with Crippen molar-refractivity contribution in [2.45, 2.75) is 83.5 Å². The Kier molecular flexibility index (Phi) is 15.5. The van der Waals surface area contributed by atoms with Gasteiger partial charge in [-0.15, -0.1) is 0 Å². The van der Waals surface area contributed by atoms with E-state index in [0.29, 0.717) is 12.8 Å². The van der Waals surface area contributed by atoms with Gasteiger partial charge in [0.05, 0.1) is 0 Å². The lowest BCUT2D eigenvalue weighted by atomic mass is 10.1. The van der Waals surface area contributed by atoms with Crippen LogP contribution in [0.3, 0.4) is 0 Å². The molecular weight excluding hydrogens is 280 g/mol. The zero-order valence-electron chi connectivity index (χ0n) is 13.9. The predicted octanol–water partition coefficient (Wildman–Crippen LogP) is 3.22. The summed E-state index contributed by atoms with van der Waals surface area (Å²) in [7, 11) is 0. The van der Waals surface area contributed by atoms with Crippen molar-refractivity contribution in [1.29, 1.82) is 0 Å². The van der Waals surface area contributed by atoms with Crippen LogP contribution in [-0.2, 0) is 9.59 Å². The number of unbranched alkanes of at least 4 members (excludes halogenated alkanes) is 9. The van der Waals surface area contributed by atoms with Gasteiger partial charge in [-0.2, -0.15) is 0 Å². The number of hydrogen-bond donors (Lipinski definition) is 3. The molecule has 0 saturated carbocycles. The Balaban J connectivity index is 2.99. The van der Waals surface area contributed by atoms with E-state index in [1.807, 2.05) is 0 Å². The fraction of sp³-hybridized carbons (Fsp3) is 0.882. The molecule has 1 amide bonds. The molecule has 0 saturated heterocycles. The summed E-state index contributed by atoms with van der Waals surface area (Å²) in [5.41, 5.74) is 5.09. The van der Waals surface area contributed by atoms with E-state index in [9.17, 15) is 9.59 Å². The van der Waals surface area contributed by atoms with Crippen molar-refractivity contribution >= 4 is 11.9 Å². The first kappa shape index (κ1) is 20.9. The second kappa shape index (κ2) is 16.3. The van der Waals surface area contributed by atoms with Crippen molar-refractivity contribution in [2.75, 3.05) is 13.1 Å². The molecule has 0 unspecified atom stereocenters. The van der Waals surface area contributed by atoms with Gasteiger partial charge in [0.25, 0.3) is 0 Å². The Labute approximate surface area is 135 Å². The van der Waals surface area contributed by atoms with Gasteiger partial charge in [-0.1, -0.05) is 44.9 Å². The number of hydrogen-bond acceptors (Lipinski definition) is 3. The minimum Gasteiger partial charge on any atom is -0.481 e. The summed E-state index contributed by atoms with van der Waals surface area (Å²) >= 11 is 0. The maximum atomic E-state index is 10.6. The van der Waals surface area contributed by atoms with Crippen LogP contribution in [0.15, 0.2) is 0 Å². The van der Waals surface area contributed by atoms with E-state index in [1.165, 1.54) is 32.1 Å². The van der Waals surface area contributed by atoms with Crippen molar-refractivity contribution in [1.82, 2.24) is 5.32 Å². The SMILES string of the molecule is NC(=O)CCCCCCCCCNCCCCCCC(=O)O. The fourth-order valence-electron chi connectivity index (χ4n) is 2.44. The first-order chi connectivity index (χ1) is 10.6. The molecule has 0 aliphatic carbocycles. The van der Waals surface area contributed by atoms with Gasteiger partial charge >= 0.3 is 5.97 Å². The molecule has 0 heterocycles. The number of carboxylic acid groups (broad SMARTS) is 1. The van der Waals surface area contributed by atoms with Crippen LogP contribution in [0.2, 0.25) is 0 Å². The second-order valence-corrected chi connectivity index (χ2v) is 6.00. The van der Waals surface area contributed by atoms with Crippen LogP contribution in [0.5, 0.6) is 0 Å². The molecule has 22 heavy (non-hydrogen) atoms. The molecule has 130 valence electrons. The summed E-state index contributed by atoms with van der Waals surface area (Å²) < 4.78 is 0. The Hall–Kier alpha value is -1.10. The number of amides is 1. The molecule has 0 spiro atoms. The van der Waals surface area contributed by atoms with Crippen LogP contribution in [0.4, 0.5) is 0 Å². The molecule has 0 aliphatic heterocycles. The van der Waals surface area contributed by atoms with Crippen LogP contribution < -0.4 is 11.1 Å². The number of primary amides is 1. The summed E-state index contributed by atoms with van der Waals surface area (Å²) in [6, 6.07) is 0. The van der Waals surface area contributed by atoms with Gasteiger partial charge in [-0.3, -0.25) is 9.59 Å². The molecule has 0 aromatic rings. The maximum absolute atomic E-state index is 10.6. The van der Waals surface area contributed by atoms with Crippen LogP contribution in [0.25, 0.3) is 0 Å². The minimum absolute atomic E-state index is 0.187. The number of nitrogens with one attached hydrogen (secondary N) is 1. The van der Waals surface area contributed by atoms with Crippen molar-refractivity contribution in [3.8, 4) is 0 Å². The number of nitrogens with two attached hydrogens (primary N) is 1. The minimum atomic E-state index is -0.689. The Bertz CT molecular complexity index is 255. The molecule has 0 aliphatic rings. The number of carbonyl (C=O) groups is 2. The highest BCUT2D eigenvalue weighted by atomic mass is 16.4. The normalized spacial score (nSPS) is 10.7. The van der Waals surface area contributed by atoms with E-state index in [-0.39, 0.29) is 5.91 Å². The average molecular weight is 314 g/mol. The first-order valence-electron chi connectivity index (χ1n) is 8.83. The Morgan fingerprint density at radius 3 is 1.55 bits per heavy atom. The fourth-order valence-corrected chi connectivity index (χ4v) is 2.44. The third-order valence-corrected chi connectivity index (χ3v) is 3.77. The molecule has 5 heteroatoms.